The number of methoxy groups -OCH3 is 1. The van der Waals surface area contributed by atoms with Crippen molar-refractivity contribution in [2.24, 2.45) is 0 Å². The highest BCUT2D eigenvalue weighted by Crippen LogP contribution is 2.26. The molecule has 0 aromatic heterocycles. The van der Waals surface area contributed by atoms with Gasteiger partial charge in [-0.1, -0.05) is 15.9 Å². The van der Waals surface area contributed by atoms with Crippen molar-refractivity contribution < 1.29 is 17.9 Å². The predicted molar refractivity (Wildman–Crippen MR) is 77.0 cm³/mol. The second-order valence-electron chi connectivity index (χ2n) is 3.74. The molecule has 0 heterocycles. The highest BCUT2D eigenvalue weighted by molar-refractivity contribution is 9.10. The van der Waals surface area contributed by atoms with Crippen molar-refractivity contribution >= 4 is 26.0 Å². The molecule has 19 heavy (non-hydrogen) atoms. The summed E-state index contributed by atoms with van der Waals surface area (Å²) in [5.41, 5.74) is 0. The van der Waals surface area contributed by atoms with Gasteiger partial charge >= 0.3 is 0 Å². The number of benzene rings is 1. The van der Waals surface area contributed by atoms with Gasteiger partial charge in [0, 0.05) is 24.2 Å². The minimum absolute atomic E-state index is 0.126. The summed E-state index contributed by atoms with van der Waals surface area (Å²) in [7, 11) is -2.13. The highest BCUT2D eigenvalue weighted by Gasteiger charge is 2.19. The predicted octanol–water partition coefficient (Wildman–Crippen LogP) is 2.16. The first-order chi connectivity index (χ1) is 9.01. The zero-order valence-electron chi connectivity index (χ0n) is 11.0. The molecule has 7 heteroatoms. The Bertz CT molecular complexity index is 504. The summed E-state index contributed by atoms with van der Waals surface area (Å²) in [4.78, 5) is 0.126. The van der Waals surface area contributed by atoms with E-state index >= 15 is 0 Å². The Hall–Kier alpha value is -0.630. The number of rotatable bonds is 8. The summed E-state index contributed by atoms with van der Waals surface area (Å²) in [6.07, 6.45) is 0.628. The van der Waals surface area contributed by atoms with E-state index in [2.05, 4.69) is 20.7 Å². The van der Waals surface area contributed by atoms with Crippen LogP contribution in [-0.4, -0.2) is 35.3 Å². The molecule has 0 aliphatic carbocycles. The number of hydrogen-bond donors (Lipinski definition) is 1. The van der Waals surface area contributed by atoms with Crippen LogP contribution in [0.25, 0.3) is 0 Å². The molecule has 1 N–H and O–H groups in total. The van der Waals surface area contributed by atoms with Gasteiger partial charge in [0.2, 0.25) is 10.0 Å². The zero-order chi connectivity index (χ0) is 14.3. The Labute approximate surface area is 122 Å². The molecule has 0 amide bonds. The quantitative estimate of drug-likeness (QED) is 0.729. The molecule has 0 spiro atoms. The fraction of sp³-hybridized carbons (Fsp3) is 0.500. The van der Waals surface area contributed by atoms with Gasteiger partial charge in [-0.15, -0.1) is 0 Å². The number of halogens is 1. The molecular formula is C12H18BrNO4S. The van der Waals surface area contributed by atoms with Crippen LogP contribution in [0.2, 0.25) is 0 Å². The third kappa shape index (κ3) is 5.10. The van der Waals surface area contributed by atoms with E-state index in [9.17, 15) is 8.42 Å². The van der Waals surface area contributed by atoms with Crippen LogP contribution in [0.4, 0.5) is 0 Å². The van der Waals surface area contributed by atoms with E-state index in [-0.39, 0.29) is 4.90 Å². The van der Waals surface area contributed by atoms with Crippen molar-refractivity contribution in [1.29, 1.82) is 0 Å². The van der Waals surface area contributed by atoms with Crippen LogP contribution in [0.1, 0.15) is 13.3 Å². The molecule has 1 aromatic carbocycles. The van der Waals surface area contributed by atoms with E-state index in [1.165, 1.54) is 13.2 Å². The van der Waals surface area contributed by atoms with Gasteiger partial charge in [-0.05, 0) is 31.5 Å². The second-order valence-corrected chi connectivity index (χ2v) is 6.39. The third-order valence-corrected chi connectivity index (χ3v) is 4.35. The van der Waals surface area contributed by atoms with Gasteiger partial charge in [0.25, 0.3) is 0 Å². The van der Waals surface area contributed by atoms with Crippen molar-refractivity contribution in [3.05, 3.63) is 22.7 Å². The lowest BCUT2D eigenvalue weighted by molar-refractivity contribution is 0.146. The number of nitrogens with one attached hydrogen (secondary N) is 1. The van der Waals surface area contributed by atoms with Crippen LogP contribution in [0.5, 0.6) is 5.75 Å². The summed E-state index contributed by atoms with van der Waals surface area (Å²) in [5.74, 6) is 0.320. The standard InChI is InChI=1S/C12H18BrNO4S/c1-3-18-8-4-7-14-19(15,16)12-9-10(13)5-6-11(12)17-2/h5-6,9,14H,3-4,7-8H2,1-2H3. The van der Waals surface area contributed by atoms with Crippen molar-refractivity contribution in [2.75, 3.05) is 26.9 Å². The normalized spacial score (nSPS) is 11.5. The smallest absolute Gasteiger partial charge is 0.244 e. The number of sulfonamides is 1. The van der Waals surface area contributed by atoms with Crippen LogP contribution in [-0.2, 0) is 14.8 Å². The summed E-state index contributed by atoms with van der Waals surface area (Å²) in [5, 5.41) is 0. The van der Waals surface area contributed by atoms with Crippen LogP contribution in [0.15, 0.2) is 27.6 Å². The average Bonchev–Trinajstić information content (AvgIpc) is 2.38. The molecular weight excluding hydrogens is 334 g/mol. The van der Waals surface area contributed by atoms with Crippen LogP contribution in [0.3, 0.4) is 0 Å². The number of ether oxygens (including phenoxy) is 2. The van der Waals surface area contributed by atoms with Crippen LogP contribution < -0.4 is 9.46 Å². The third-order valence-electron chi connectivity index (χ3n) is 2.38. The molecule has 0 unspecified atom stereocenters. The summed E-state index contributed by atoms with van der Waals surface area (Å²) in [6.45, 7) is 3.40. The summed E-state index contributed by atoms with van der Waals surface area (Å²) >= 11 is 3.25. The summed E-state index contributed by atoms with van der Waals surface area (Å²) < 4.78 is 37.7. The Morgan fingerprint density at radius 2 is 2.11 bits per heavy atom. The second kappa shape index (κ2) is 7.84. The average molecular weight is 352 g/mol. The van der Waals surface area contributed by atoms with Gasteiger partial charge < -0.3 is 9.47 Å². The lowest BCUT2D eigenvalue weighted by Gasteiger charge is -2.11. The van der Waals surface area contributed by atoms with Crippen molar-refractivity contribution in [3.63, 3.8) is 0 Å². The molecule has 0 aliphatic heterocycles. The van der Waals surface area contributed by atoms with Crippen LogP contribution in [0, 0.1) is 0 Å². The van der Waals surface area contributed by atoms with E-state index in [0.29, 0.717) is 36.4 Å². The molecule has 108 valence electrons. The molecule has 0 radical (unpaired) electrons. The van der Waals surface area contributed by atoms with E-state index in [1.54, 1.807) is 12.1 Å². The Kier molecular flexibility index (Phi) is 6.78. The molecule has 0 fully saturated rings. The van der Waals surface area contributed by atoms with Gasteiger partial charge in [-0.2, -0.15) is 0 Å². The van der Waals surface area contributed by atoms with Gasteiger partial charge in [-0.25, -0.2) is 13.1 Å². The zero-order valence-corrected chi connectivity index (χ0v) is 13.4. The molecule has 0 atom stereocenters. The maximum atomic E-state index is 12.1. The highest BCUT2D eigenvalue weighted by atomic mass is 79.9. The molecule has 0 aliphatic rings. The first kappa shape index (κ1) is 16.4. The fourth-order valence-corrected chi connectivity index (χ4v) is 3.24. The van der Waals surface area contributed by atoms with Gasteiger partial charge in [-0.3, -0.25) is 0 Å². The molecule has 5 nitrogen and oxygen atoms in total. The maximum absolute atomic E-state index is 12.1. The van der Waals surface area contributed by atoms with E-state index in [4.69, 9.17) is 9.47 Å². The minimum Gasteiger partial charge on any atom is -0.495 e. The SMILES string of the molecule is CCOCCCNS(=O)(=O)c1cc(Br)ccc1OC. The first-order valence-corrected chi connectivity index (χ1v) is 8.20. The molecule has 0 saturated heterocycles. The van der Waals surface area contributed by atoms with Gasteiger partial charge in [0.05, 0.1) is 7.11 Å². The Balaban J connectivity index is 2.74. The summed E-state index contributed by atoms with van der Waals surface area (Å²) in [6, 6.07) is 4.86. The lowest BCUT2D eigenvalue weighted by atomic mass is 10.3. The van der Waals surface area contributed by atoms with Gasteiger partial charge in [0.1, 0.15) is 10.6 Å². The Morgan fingerprint density at radius 1 is 1.37 bits per heavy atom. The minimum atomic E-state index is -3.57. The molecule has 1 aromatic rings. The fourth-order valence-electron chi connectivity index (χ4n) is 1.46. The first-order valence-electron chi connectivity index (χ1n) is 5.92. The van der Waals surface area contributed by atoms with Crippen molar-refractivity contribution in [3.8, 4) is 5.75 Å². The largest absolute Gasteiger partial charge is 0.495 e. The van der Waals surface area contributed by atoms with E-state index in [0.717, 1.165) is 0 Å². The van der Waals surface area contributed by atoms with E-state index < -0.39 is 10.0 Å². The van der Waals surface area contributed by atoms with Crippen LogP contribution >= 0.6 is 15.9 Å². The topological polar surface area (TPSA) is 64.6 Å². The monoisotopic (exact) mass is 351 g/mol. The molecule has 0 bridgehead atoms. The van der Waals surface area contributed by atoms with Crippen molar-refractivity contribution in [2.45, 2.75) is 18.2 Å². The molecule has 0 saturated carbocycles. The van der Waals surface area contributed by atoms with Gasteiger partial charge in [0.15, 0.2) is 0 Å². The maximum Gasteiger partial charge on any atom is 0.244 e. The van der Waals surface area contributed by atoms with Crippen molar-refractivity contribution in [1.82, 2.24) is 4.72 Å². The Morgan fingerprint density at radius 3 is 2.74 bits per heavy atom. The number of hydrogen-bond acceptors (Lipinski definition) is 4. The lowest BCUT2D eigenvalue weighted by Crippen LogP contribution is -2.26. The molecule has 1 rings (SSSR count). The van der Waals surface area contributed by atoms with E-state index in [1.807, 2.05) is 6.92 Å².